The Morgan fingerprint density at radius 3 is 2.74 bits per heavy atom. The van der Waals surface area contributed by atoms with Crippen LogP contribution in [-0.2, 0) is 11.2 Å². The second kappa shape index (κ2) is 5.87. The molecule has 1 N–H and O–H groups in total. The molecule has 1 amide bonds. The minimum absolute atomic E-state index is 0.0286. The van der Waals surface area contributed by atoms with Crippen molar-refractivity contribution in [3.05, 3.63) is 35.4 Å². The maximum atomic E-state index is 12.3. The summed E-state index contributed by atoms with van der Waals surface area (Å²) in [6.45, 7) is 2.84. The molecule has 0 aliphatic carbocycles. The van der Waals surface area contributed by atoms with E-state index in [2.05, 4.69) is 6.92 Å². The summed E-state index contributed by atoms with van der Waals surface area (Å²) in [6, 6.07) is 6.98. The molecule has 0 spiro atoms. The van der Waals surface area contributed by atoms with Crippen LogP contribution in [0.2, 0.25) is 0 Å². The summed E-state index contributed by atoms with van der Waals surface area (Å²) in [5.41, 5.74) is 0.818. The van der Waals surface area contributed by atoms with Gasteiger partial charge >= 0.3 is 5.97 Å². The van der Waals surface area contributed by atoms with Crippen molar-refractivity contribution in [2.24, 2.45) is 0 Å². The van der Waals surface area contributed by atoms with E-state index in [1.165, 1.54) is 0 Å². The molecule has 1 fully saturated rings. The Morgan fingerprint density at radius 1 is 1.32 bits per heavy atom. The van der Waals surface area contributed by atoms with Gasteiger partial charge in [0.1, 0.15) is 0 Å². The second-order valence-electron chi connectivity index (χ2n) is 5.07. The quantitative estimate of drug-likeness (QED) is 0.908. The highest BCUT2D eigenvalue weighted by Gasteiger charge is 2.24. The standard InChI is InChI=1S/C15H19NO3/c1-11-6-4-5-9-16(11)14(17)10-12-7-2-3-8-13(12)15(18)19/h2-3,7-8,11H,4-6,9-10H2,1H3,(H,18,19). The van der Waals surface area contributed by atoms with Crippen molar-refractivity contribution in [1.29, 1.82) is 0 Å². The SMILES string of the molecule is CC1CCCCN1C(=O)Cc1ccccc1C(=O)O. The first-order chi connectivity index (χ1) is 9.09. The molecule has 1 aliphatic heterocycles. The van der Waals surface area contributed by atoms with Crippen molar-refractivity contribution < 1.29 is 14.7 Å². The molecule has 1 heterocycles. The maximum absolute atomic E-state index is 12.3. The van der Waals surface area contributed by atoms with Gasteiger partial charge in [-0.2, -0.15) is 0 Å². The summed E-state index contributed by atoms with van der Waals surface area (Å²) in [5.74, 6) is -0.948. The summed E-state index contributed by atoms with van der Waals surface area (Å²) >= 11 is 0. The molecule has 1 aromatic rings. The Balaban J connectivity index is 2.12. The van der Waals surface area contributed by atoms with Crippen LogP contribution in [-0.4, -0.2) is 34.5 Å². The van der Waals surface area contributed by atoms with Gasteiger partial charge in [-0.1, -0.05) is 18.2 Å². The summed E-state index contributed by atoms with van der Waals surface area (Å²) < 4.78 is 0. The largest absolute Gasteiger partial charge is 0.478 e. The smallest absolute Gasteiger partial charge is 0.335 e. The highest BCUT2D eigenvalue weighted by atomic mass is 16.4. The zero-order chi connectivity index (χ0) is 13.8. The average molecular weight is 261 g/mol. The minimum atomic E-state index is -0.977. The molecule has 0 radical (unpaired) electrons. The zero-order valence-corrected chi connectivity index (χ0v) is 11.1. The number of likely N-dealkylation sites (tertiary alicyclic amines) is 1. The monoisotopic (exact) mass is 261 g/mol. The Bertz CT molecular complexity index is 484. The van der Waals surface area contributed by atoms with Crippen molar-refractivity contribution >= 4 is 11.9 Å². The fourth-order valence-electron chi connectivity index (χ4n) is 2.62. The molecule has 2 rings (SSSR count). The molecule has 0 bridgehead atoms. The summed E-state index contributed by atoms with van der Waals surface area (Å²) in [5, 5.41) is 9.12. The number of carboxylic acid groups (broad SMARTS) is 1. The first-order valence-electron chi connectivity index (χ1n) is 6.70. The van der Waals surface area contributed by atoms with Crippen LogP contribution in [0.25, 0.3) is 0 Å². The van der Waals surface area contributed by atoms with Crippen LogP contribution in [0.3, 0.4) is 0 Å². The molecule has 1 saturated heterocycles. The van der Waals surface area contributed by atoms with E-state index in [1.54, 1.807) is 24.3 Å². The molecule has 4 heteroatoms. The topological polar surface area (TPSA) is 57.6 Å². The maximum Gasteiger partial charge on any atom is 0.335 e. The third kappa shape index (κ3) is 3.13. The van der Waals surface area contributed by atoms with E-state index in [0.717, 1.165) is 25.8 Å². The second-order valence-corrected chi connectivity index (χ2v) is 5.07. The van der Waals surface area contributed by atoms with Gasteiger partial charge in [-0.3, -0.25) is 4.79 Å². The van der Waals surface area contributed by atoms with Crippen LogP contribution < -0.4 is 0 Å². The Hall–Kier alpha value is -1.84. The van der Waals surface area contributed by atoms with Gasteiger partial charge in [-0.05, 0) is 37.8 Å². The zero-order valence-electron chi connectivity index (χ0n) is 11.1. The van der Waals surface area contributed by atoms with Crippen molar-refractivity contribution in [1.82, 2.24) is 4.90 Å². The number of piperidine rings is 1. The Labute approximate surface area is 113 Å². The lowest BCUT2D eigenvalue weighted by Crippen LogP contribution is -2.42. The van der Waals surface area contributed by atoms with Gasteiger partial charge in [-0.15, -0.1) is 0 Å². The highest BCUT2D eigenvalue weighted by Crippen LogP contribution is 2.18. The molecule has 1 unspecified atom stereocenters. The summed E-state index contributed by atoms with van der Waals surface area (Å²) in [6.07, 6.45) is 3.41. The van der Waals surface area contributed by atoms with Crippen molar-refractivity contribution in [3.63, 3.8) is 0 Å². The van der Waals surface area contributed by atoms with Crippen LogP contribution in [0.4, 0.5) is 0 Å². The summed E-state index contributed by atoms with van der Waals surface area (Å²) in [7, 11) is 0. The number of carboxylic acids is 1. The van der Waals surface area contributed by atoms with E-state index >= 15 is 0 Å². The van der Waals surface area contributed by atoms with Gasteiger partial charge in [0.15, 0.2) is 0 Å². The van der Waals surface area contributed by atoms with E-state index in [0.29, 0.717) is 5.56 Å². The Kier molecular flexibility index (Phi) is 4.20. The van der Waals surface area contributed by atoms with Crippen LogP contribution >= 0.6 is 0 Å². The number of benzene rings is 1. The third-order valence-electron chi connectivity index (χ3n) is 3.71. The number of carbonyl (C=O) groups excluding carboxylic acids is 1. The third-order valence-corrected chi connectivity index (χ3v) is 3.71. The minimum Gasteiger partial charge on any atom is -0.478 e. The predicted octanol–water partition coefficient (Wildman–Crippen LogP) is 2.33. The molecule has 1 atom stereocenters. The highest BCUT2D eigenvalue weighted by molar-refractivity contribution is 5.91. The number of rotatable bonds is 3. The van der Waals surface area contributed by atoms with Gasteiger partial charge in [0.05, 0.1) is 12.0 Å². The van der Waals surface area contributed by atoms with E-state index in [1.807, 2.05) is 4.90 Å². The number of aromatic carboxylic acids is 1. The molecule has 4 nitrogen and oxygen atoms in total. The van der Waals surface area contributed by atoms with E-state index in [4.69, 9.17) is 5.11 Å². The number of hydrogen-bond donors (Lipinski definition) is 1. The Morgan fingerprint density at radius 2 is 2.05 bits per heavy atom. The molecule has 1 aliphatic rings. The lowest BCUT2D eigenvalue weighted by Gasteiger charge is -2.33. The van der Waals surface area contributed by atoms with Gasteiger partial charge in [-0.25, -0.2) is 4.79 Å². The summed E-state index contributed by atoms with van der Waals surface area (Å²) in [4.78, 5) is 25.3. The number of nitrogens with zero attached hydrogens (tertiary/aromatic N) is 1. The molecular formula is C15H19NO3. The first-order valence-corrected chi connectivity index (χ1v) is 6.70. The van der Waals surface area contributed by atoms with Crippen molar-refractivity contribution in [2.45, 2.75) is 38.6 Å². The predicted molar refractivity (Wildman–Crippen MR) is 72.1 cm³/mol. The van der Waals surface area contributed by atoms with Crippen LogP contribution in [0, 0.1) is 0 Å². The van der Waals surface area contributed by atoms with Crippen molar-refractivity contribution in [2.75, 3.05) is 6.54 Å². The lowest BCUT2D eigenvalue weighted by molar-refractivity contribution is -0.133. The average Bonchev–Trinajstić information content (AvgIpc) is 2.39. The van der Waals surface area contributed by atoms with E-state index < -0.39 is 5.97 Å². The lowest BCUT2D eigenvalue weighted by atomic mass is 10.0. The molecular weight excluding hydrogens is 242 g/mol. The number of amides is 1. The van der Waals surface area contributed by atoms with Gasteiger partial charge < -0.3 is 10.0 Å². The van der Waals surface area contributed by atoms with E-state index in [-0.39, 0.29) is 23.9 Å². The van der Waals surface area contributed by atoms with E-state index in [9.17, 15) is 9.59 Å². The fourth-order valence-corrected chi connectivity index (χ4v) is 2.62. The van der Waals surface area contributed by atoms with Gasteiger partial charge in [0.25, 0.3) is 0 Å². The number of hydrogen-bond acceptors (Lipinski definition) is 2. The van der Waals surface area contributed by atoms with Gasteiger partial charge in [0, 0.05) is 12.6 Å². The molecule has 0 aromatic heterocycles. The number of carbonyl (C=O) groups is 2. The normalized spacial score (nSPS) is 19.2. The van der Waals surface area contributed by atoms with Crippen molar-refractivity contribution in [3.8, 4) is 0 Å². The first kappa shape index (κ1) is 13.6. The molecule has 1 aromatic carbocycles. The molecule has 0 saturated carbocycles. The fraction of sp³-hybridized carbons (Fsp3) is 0.467. The van der Waals surface area contributed by atoms with Crippen LogP contribution in [0.5, 0.6) is 0 Å². The van der Waals surface area contributed by atoms with Crippen LogP contribution in [0.1, 0.15) is 42.1 Å². The molecule has 19 heavy (non-hydrogen) atoms. The molecule has 102 valence electrons. The van der Waals surface area contributed by atoms with Gasteiger partial charge in [0.2, 0.25) is 5.91 Å². The van der Waals surface area contributed by atoms with Crippen LogP contribution in [0.15, 0.2) is 24.3 Å².